The zero-order chi connectivity index (χ0) is 12.6. The lowest BCUT2D eigenvalue weighted by Gasteiger charge is -2.15. The van der Waals surface area contributed by atoms with E-state index in [1.54, 1.807) is 0 Å². The first kappa shape index (κ1) is 12.0. The number of ether oxygens (including phenoxy) is 1. The minimum absolute atomic E-state index is 0.360. The van der Waals surface area contributed by atoms with Crippen LogP contribution >= 0.6 is 11.6 Å². The van der Waals surface area contributed by atoms with Crippen molar-refractivity contribution in [3.8, 4) is 5.75 Å². The van der Waals surface area contributed by atoms with Crippen molar-refractivity contribution in [1.82, 2.24) is 0 Å². The fourth-order valence-corrected chi connectivity index (χ4v) is 1.91. The molecule has 0 aromatic heterocycles. The molecule has 0 N–H and O–H groups in total. The molecule has 1 heterocycles. The number of hydrogen-bond donors (Lipinski definition) is 0. The Labute approximate surface area is 99.7 Å². The number of anilines is 1. The van der Waals surface area contributed by atoms with Gasteiger partial charge in [0, 0.05) is 12.6 Å². The Hall–Kier alpha value is -1.43. The van der Waals surface area contributed by atoms with Gasteiger partial charge >= 0.3 is 11.7 Å². The van der Waals surface area contributed by atoms with Crippen LogP contribution in [0.4, 0.5) is 23.7 Å². The predicted molar refractivity (Wildman–Crippen MR) is 55.4 cm³/mol. The van der Waals surface area contributed by atoms with Crippen LogP contribution in [0.2, 0.25) is 0 Å². The summed E-state index contributed by atoms with van der Waals surface area (Å²) in [5.41, 5.74) is 1.14. The summed E-state index contributed by atoms with van der Waals surface area (Å²) in [6.07, 6.45) is -4.18. The van der Waals surface area contributed by atoms with Crippen molar-refractivity contribution in [3.05, 3.63) is 23.8 Å². The number of carbonyl (C=O) groups excluding carboxylic acids is 1. The molecule has 1 aliphatic rings. The van der Waals surface area contributed by atoms with Crippen LogP contribution < -0.4 is 9.64 Å². The lowest BCUT2D eigenvalue weighted by Crippen LogP contribution is -2.23. The lowest BCUT2D eigenvalue weighted by molar-refractivity contribution is -0.274. The molecule has 0 saturated carbocycles. The van der Waals surface area contributed by atoms with Crippen molar-refractivity contribution in [3.63, 3.8) is 0 Å². The van der Waals surface area contributed by atoms with Crippen LogP contribution in [-0.2, 0) is 6.42 Å². The van der Waals surface area contributed by atoms with Gasteiger partial charge in [-0.15, -0.1) is 13.2 Å². The summed E-state index contributed by atoms with van der Waals surface area (Å²) in [7, 11) is 0. The predicted octanol–water partition coefficient (Wildman–Crippen LogP) is 3.31. The second-order valence-electron chi connectivity index (χ2n) is 3.49. The van der Waals surface area contributed by atoms with Gasteiger partial charge in [0.2, 0.25) is 0 Å². The monoisotopic (exact) mass is 265 g/mol. The van der Waals surface area contributed by atoms with Crippen LogP contribution in [-0.4, -0.2) is 18.3 Å². The van der Waals surface area contributed by atoms with Crippen molar-refractivity contribution in [2.24, 2.45) is 0 Å². The summed E-state index contributed by atoms with van der Waals surface area (Å²) in [6.45, 7) is 0.368. The van der Waals surface area contributed by atoms with E-state index in [1.165, 1.54) is 17.0 Å². The maximum absolute atomic E-state index is 12.0. The Bertz CT molecular complexity index is 461. The first-order chi connectivity index (χ1) is 7.87. The van der Waals surface area contributed by atoms with E-state index in [0.29, 0.717) is 18.7 Å². The van der Waals surface area contributed by atoms with Gasteiger partial charge in [0.15, 0.2) is 0 Å². The molecule has 0 aliphatic carbocycles. The minimum Gasteiger partial charge on any atom is -0.406 e. The van der Waals surface area contributed by atoms with Gasteiger partial charge in [0.05, 0.1) is 5.69 Å². The fourth-order valence-electron chi connectivity index (χ4n) is 1.74. The number of carbonyl (C=O) groups is 1. The van der Waals surface area contributed by atoms with Crippen molar-refractivity contribution in [1.29, 1.82) is 0 Å². The molecule has 0 atom stereocenters. The van der Waals surface area contributed by atoms with E-state index in [1.807, 2.05) is 0 Å². The number of rotatable bonds is 1. The Morgan fingerprint density at radius 3 is 2.71 bits per heavy atom. The number of fused-ring (bicyclic) bond motifs is 1. The SMILES string of the molecule is O=C(Cl)N1CCc2ccc(OC(F)(F)F)cc21. The maximum Gasteiger partial charge on any atom is 0.573 e. The second kappa shape index (κ2) is 4.10. The van der Waals surface area contributed by atoms with Crippen LogP contribution in [0.25, 0.3) is 0 Å². The minimum atomic E-state index is -4.75. The number of amides is 1. The molecule has 92 valence electrons. The van der Waals surface area contributed by atoms with Gasteiger partial charge in [-0.25, -0.2) is 0 Å². The van der Waals surface area contributed by atoms with E-state index < -0.39 is 11.7 Å². The number of halogens is 4. The highest BCUT2D eigenvalue weighted by atomic mass is 35.5. The average Bonchev–Trinajstić information content (AvgIpc) is 2.57. The molecule has 3 nitrogen and oxygen atoms in total. The molecule has 2 rings (SSSR count). The zero-order valence-electron chi connectivity index (χ0n) is 8.42. The molecular weight excluding hydrogens is 259 g/mol. The molecule has 1 aliphatic heterocycles. The van der Waals surface area contributed by atoms with Gasteiger partial charge < -0.3 is 4.74 Å². The molecule has 1 aromatic carbocycles. The molecule has 7 heteroatoms. The largest absolute Gasteiger partial charge is 0.573 e. The average molecular weight is 266 g/mol. The van der Waals surface area contributed by atoms with Gasteiger partial charge in [-0.1, -0.05) is 6.07 Å². The van der Waals surface area contributed by atoms with Crippen molar-refractivity contribution in [2.45, 2.75) is 12.8 Å². The molecule has 17 heavy (non-hydrogen) atoms. The smallest absolute Gasteiger partial charge is 0.406 e. The van der Waals surface area contributed by atoms with E-state index >= 15 is 0 Å². The summed E-state index contributed by atoms with van der Waals surface area (Å²) in [5.74, 6) is -0.360. The standard InChI is InChI=1S/C10H7ClF3NO2/c11-9(16)15-4-3-6-1-2-7(5-8(6)15)17-10(12,13)14/h1-2,5H,3-4H2. The van der Waals surface area contributed by atoms with E-state index in [0.717, 1.165) is 11.6 Å². The quantitative estimate of drug-likeness (QED) is 0.576. The third-order valence-corrected chi connectivity index (χ3v) is 2.60. The Kier molecular flexibility index (Phi) is 2.91. The summed E-state index contributed by atoms with van der Waals surface area (Å²) in [6, 6.07) is 3.88. The Balaban J connectivity index is 2.30. The number of hydrogen-bond acceptors (Lipinski definition) is 2. The molecule has 0 unspecified atom stereocenters. The molecule has 0 radical (unpaired) electrons. The van der Waals surface area contributed by atoms with Crippen LogP contribution in [0.15, 0.2) is 18.2 Å². The first-order valence-electron chi connectivity index (χ1n) is 4.72. The topological polar surface area (TPSA) is 29.5 Å². The van der Waals surface area contributed by atoms with Crippen LogP contribution in [0.1, 0.15) is 5.56 Å². The lowest BCUT2D eigenvalue weighted by atomic mass is 10.1. The van der Waals surface area contributed by atoms with Crippen molar-refractivity contribution >= 4 is 22.7 Å². The summed E-state index contributed by atoms with van der Waals surface area (Å²) in [5, 5.41) is -0.715. The number of benzene rings is 1. The third kappa shape index (κ3) is 2.63. The van der Waals surface area contributed by atoms with Crippen LogP contribution in [0, 0.1) is 0 Å². The Morgan fingerprint density at radius 1 is 1.41 bits per heavy atom. The van der Waals surface area contributed by atoms with E-state index in [9.17, 15) is 18.0 Å². The first-order valence-corrected chi connectivity index (χ1v) is 5.10. The van der Waals surface area contributed by atoms with Gasteiger partial charge in [0.1, 0.15) is 5.75 Å². The van der Waals surface area contributed by atoms with Gasteiger partial charge in [-0.3, -0.25) is 9.69 Å². The van der Waals surface area contributed by atoms with Crippen LogP contribution in [0.3, 0.4) is 0 Å². The van der Waals surface area contributed by atoms with Gasteiger partial charge in [-0.05, 0) is 29.7 Å². The highest BCUT2D eigenvalue weighted by Crippen LogP contribution is 2.34. The van der Waals surface area contributed by atoms with E-state index in [-0.39, 0.29) is 5.75 Å². The molecule has 1 amide bonds. The summed E-state index contributed by atoms with van der Waals surface area (Å²) >= 11 is 5.32. The molecule has 0 fully saturated rings. The molecular formula is C10H7ClF3NO2. The number of alkyl halides is 3. The normalized spacial score (nSPS) is 14.7. The van der Waals surface area contributed by atoms with Crippen LogP contribution in [0.5, 0.6) is 5.75 Å². The zero-order valence-corrected chi connectivity index (χ0v) is 9.18. The molecule has 0 bridgehead atoms. The highest BCUT2D eigenvalue weighted by molar-refractivity contribution is 6.66. The third-order valence-electron chi connectivity index (χ3n) is 2.40. The second-order valence-corrected chi connectivity index (χ2v) is 3.82. The van der Waals surface area contributed by atoms with E-state index in [4.69, 9.17) is 11.6 Å². The van der Waals surface area contributed by atoms with Crippen molar-refractivity contribution < 1.29 is 22.7 Å². The maximum atomic E-state index is 12.0. The van der Waals surface area contributed by atoms with Gasteiger partial charge in [0.25, 0.3) is 0 Å². The fraction of sp³-hybridized carbons (Fsp3) is 0.300. The molecule has 0 saturated heterocycles. The summed E-state index contributed by atoms with van der Waals surface area (Å²) in [4.78, 5) is 12.2. The van der Waals surface area contributed by atoms with Crippen molar-refractivity contribution in [2.75, 3.05) is 11.4 Å². The number of nitrogens with zero attached hydrogens (tertiary/aromatic N) is 1. The Morgan fingerprint density at radius 2 is 2.12 bits per heavy atom. The van der Waals surface area contributed by atoms with E-state index in [2.05, 4.69) is 4.74 Å². The highest BCUT2D eigenvalue weighted by Gasteiger charge is 2.32. The molecule has 0 spiro atoms. The summed E-state index contributed by atoms with van der Waals surface area (Å²) < 4.78 is 39.8. The van der Waals surface area contributed by atoms with Gasteiger partial charge in [-0.2, -0.15) is 0 Å². The molecule has 1 aromatic rings.